The number of aliphatic hydroxyl groups is 1. The molecule has 0 saturated heterocycles. The molecule has 0 aliphatic rings. The summed E-state index contributed by atoms with van der Waals surface area (Å²) in [7, 11) is 0. The van der Waals surface area contributed by atoms with Crippen LogP contribution >= 0.6 is 0 Å². The Bertz CT molecular complexity index is 263. The maximum absolute atomic E-state index is 9.67. The first kappa shape index (κ1) is 9.23. The summed E-state index contributed by atoms with van der Waals surface area (Å²) in [6.07, 6.45) is 0. The van der Waals surface area contributed by atoms with Gasteiger partial charge in [0.25, 0.3) is 0 Å². The lowest BCUT2D eigenvalue weighted by atomic mass is 9.97. The summed E-state index contributed by atoms with van der Waals surface area (Å²) in [6.45, 7) is 4.05. The molecule has 0 saturated carbocycles. The normalized spacial score (nSPS) is 11.7. The van der Waals surface area contributed by atoms with E-state index in [0.29, 0.717) is 6.54 Å². The van der Waals surface area contributed by atoms with E-state index >= 15 is 0 Å². The Balaban J connectivity index is 3.02. The van der Waals surface area contributed by atoms with Gasteiger partial charge in [0.2, 0.25) is 0 Å². The van der Waals surface area contributed by atoms with E-state index in [1.165, 1.54) is 0 Å². The van der Waals surface area contributed by atoms with Gasteiger partial charge >= 0.3 is 0 Å². The highest BCUT2D eigenvalue weighted by molar-refractivity contribution is 5.27. The fraction of sp³-hybridized carbons (Fsp3) is 0.400. The van der Waals surface area contributed by atoms with Crippen molar-refractivity contribution < 1.29 is 5.11 Å². The van der Waals surface area contributed by atoms with Crippen molar-refractivity contribution in [3.8, 4) is 0 Å². The zero-order valence-electron chi connectivity index (χ0n) is 7.54. The fourth-order valence-electron chi connectivity index (χ4n) is 1.08. The van der Waals surface area contributed by atoms with Crippen molar-refractivity contribution in [1.82, 2.24) is 0 Å². The van der Waals surface area contributed by atoms with Gasteiger partial charge in [-0.2, -0.15) is 0 Å². The molecule has 2 nitrogen and oxygen atoms in total. The van der Waals surface area contributed by atoms with E-state index < -0.39 is 5.60 Å². The van der Waals surface area contributed by atoms with E-state index in [9.17, 15) is 5.11 Å². The van der Waals surface area contributed by atoms with Gasteiger partial charge in [0, 0.05) is 6.54 Å². The molecule has 0 aliphatic heterocycles. The van der Waals surface area contributed by atoms with E-state index in [-0.39, 0.29) is 0 Å². The summed E-state index contributed by atoms with van der Waals surface area (Å²) in [5, 5.41) is 9.67. The predicted octanol–water partition coefficient (Wildman–Crippen LogP) is 1.37. The van der Waals surface area contributed by atoms with Gasteiger partial charge in [0.05, 0.1) is 5.60 Å². The van der Waals surface area contributed by atoms with Crippen molar-refractivity contribution in [3.05, 3.63) is 35.4 Å². The molecule has 3 N–H and O–H groups in total. The van der Waals surface area contributed by atoms with Crippen molar-refractivity contribution >= 4 is 0 Å². The molecule has 0 atom stereocenters. The molecule has 0 amide bonds. The molecule has 0 heterocycles. The summed E-state index contributed by atoms with van der Waals surface area (Å²) >= 11 is 0. The van der Waals surface area contributed by atoms with Crippen LogP contribution in [0.4, 0.5) is 0 Å². The molecule has 0 spiro atoms. The lowest BCUT2D eigenvalue weighted by Gasteiger charge is -2.18. The number of nitrogens with two attached hydrogens (primary N) is 1. The van der Waals surface area contributed by atoms with Crippen LogP contribution in [0, 0.1) is 0 Å². The largest absolute Gasteiger partial charge is 0.386 e. The Kier molecular flexibility index (Phi) is 2.50. The first-order chi connectivity index (χ1) is 5.54. The third kappa shape index (κ3) is 2.06. The minimum absolute atomic E-state index is 0.518. The highest BCUT2D eigenvalue weighted by Gasteiger charge is 2.15. The van der Waals surface area contributed by atoms with E-state index in [1.807, 2.05) is 24.3 Å². The minimum atomic E-state index is -0.773. The molecule has 2 heteroatoms. The summed E-state index contributed by atoms with van der Waals surface area (Å²) in [4.78, 5) is 0. The predicted molar refractivity (Wildman–Crippen MR) is 49.6 cm³/mol. The zero-order valence-corrected chi connectivity index (χ0v) is 7.54. The maximum atomic E-state index is 9.67. The number of hydrogen-bond donors (Lipinski definition) is 2. The van der Waals surface area contributed by atoms with Crippen LogP contribution in [-0.2, 0) is 12.1 Å². The summed E-state index contributed by atoms with van der Waals surface area (Å²) in [6, 6.07) is 7.70. The summed E-state index contributed by atoms with van der Waals surface area (Å²) in [5.74, 6) is 0. The highest BCUT2D eigenvalue weighted by Crippen LogP contribution is 2.19. The topological polar surface area (TPSA) is 46.2 Å². The molecule has 1 rings (SSSR count). The molecular weight excluding hydrogens is 150 g/mol. The molecule has 0 bridgehead atoms. The smallest absolute Gasteiger partial charge is 0.0840 e. The monoisotopic (exact) mass is 165 g/mol. The summed E-state index contributed by atoms with van der Waals surface area (Å²) < 4.78 is 0. The van der Waals surface area contributed by atoms with Crippen LogP contribution in [-0.4, -0.2) is 5.11 Å². The Labute approximate surface area is 73.0 Å². The van der Waals surface area contributed by atoms with Crippen molar-refractivity contribution in [2.75, 3.05) is 0 Å². The third-order valence-corrected chi connectivity index (χ3v) is 1.87. The van der Waals surface area contributed by atoms with Gasteiger partial charge in [0.15, 0.2) is 0 Å². The van der Waals surface area contributed by atoms with Gasteiger partial charge in [-0.3, -0.25) is 0 Å². The Morgan fingerprint density at radius 3 is 2.58 bits per heavy atom. The van der Waals surface area contributed by atoms with Gasteiger partial charge in [-0.25, -0.2) is 0 Å². The average molecular weight is 165 g/mol. The Morgan fingerprint density at radius 1 is 1.42 bits per heavy atom. The average Bonchev–Trinajstić information content (AvgIpc) is 2.03. The number of rotatable bonds is 2. The molecule has 66 valence electrons. The molecule has 0 unspecified atom stereocenters. The molecule has 0 fully saturated rings. The van der Waals surface area contributed by atoms with Gasteiger partial charge in [-0.1, -0.05) is 24.3 Å². The first-order valence-electron chi connectivity index (χ1n) is 4.06. The van der Waals surface area contributed by atoms with E-state index in [2.05, 4.69) is 0 Å². The van der Waals surface area contributed by atoms with E-state index in [1.54, 1.807) is 13.8 Å². The van der Waals surface area contributed by atoms with Crippen molar-refractivity contribution in [2.45, 2.75) is 26.0 Å². The van der Waals surface area contributed by atoms with Crippen LogP contribution in [0.2, 0.25) is 0 Å². The maximum Gasteiger partial charge on any atom is 0.0840 e. The standard InChI is InChI=1S/C10H15NO/c1-10(2,12)9-5-3-4-8(6-9)7-11/h3-6,12H,7,11H2,1-2H3. The third-order valence-electron chi connectivity index (χ3n) is 1.87. The van der Waals surface area contributed by atoms with Gasteiger partial charge in [0.1, 0.15) is 0 Å². The molecule has 0 aromatic heterocycles. The van der Waals surface area contributed by atoms with Gasteiger partial charge in [-0.05, 0) is 25.0 Å². The SMILES string of the molecule is CC(C)(O)c1cccc(CN)c1. The second-order valence-electron chi connectivity index (χ2n) is 3.46. The molecule has 12 heavy (non-hydrogen) atoms. The second-order valence-corrected chi connectivity index (χ2v) is 3.46. The zero-order chi connectivity index (χ0) is 9.19. The lowest BCUT2D eigenvalue weighted by Crippen LogP contribution is -2.15. The van der Waals surface area contributed by atoms with Crippen molar-refractivity contribution in [2.24, 2.45) is 5.73 Å². The Hall–Kier alpha value is -0.860. The van der Waals surface area contributed by atoms with Gasteiger partial charge < -0.3 is 10.8 Å². The van der Waals surface area contributed by atoms with Crippen molar-refractivity contribution in [3.63, 3.8) is 0 Å². The molecule has 1 aromatic carbocycles. The molecule has 0 aliphatic carbocycles. The van der Waals surface area contributed by atoms with Crippen LogP contribution in [0.25, 0.3) is 0 Å². The molecule has 0 radical (unpaired) electrons. The second kappa shape index (κ2) is 3.25. The first-order valence-corrected chi connectivity index (χ1v) is 4.06. The highest BCUT2D eigenvalue weighted by atomic mass is 16.3. The van der Waals surface area contributed by atoms with E-state index in [4.69, 9.17) is 5.73 Å². The van der Waals surface area contributed by atoms with E-state index in [0.717, 1.165) is 11.1 Å². The van der Waals surface area contributed by atoms with Crippen LogP contribution in [0.1, 0.15) is 25.0 Å². The Morgan fingerprint density at radius 2 is 2.08 bits per heavy atom. The van der Waals surface area contributed by atoms with Crippen LogP contribution in [0.15, 0.2) is 24.3 Å². The molecular formula is C10H15NO. The minimum Gasteiger partial charge on any atom is -0.386 e. The van der Waals surface area contributed by atoms with Crippen LogP contribution < -0.4 is 5.73 Å². The van der Waals surface area contributed by atoms with Gasteiger partial charge in [-0.15, -0.1) is 0 Å². The van der Waals surface area contributed by atoms with Crippen LogP contribution in [0.5, 0.6) is 0 Å². The fourth-order valence-corrected chi connectivity index (χ4v) is 1.08. The molecule has 1 aromatic rings. The quantitative estimate of drug-likeness (QED) is 0.695. The van der Waals surface area contributed by atoms with Crippen LogP contribution in [0.3, 0.4) is 0 Å². The lowest BCUT2D eigenvalue weighted by molar-refractivity contribution is 0.0785. The summed E-state index contributed by atoms with van der Waals surface area (Å²) in [5.41, 5.74) is 6.67. The number of benzene rings is 1. The number of hydrogen-bond acceptors (Lipinski definition) is 2. The van der Waals surface area contributed by atoms with Crippen molar-refractivity contribution in [1.29, 1.82) is 0 Å².